The molecule has 0 aliphatic heterocycles. The average molecular weight is 237 g/mol. The van der Waals surface area contributed by atoms with Crippen molar-refractivity contribution in [3.63, 3.8) is 0 Å². The summed E-state index contributed by atoms with van der Waals surface area (Å²) in [5, 5.41) is 3.56. The molecule has 0 heterocycles. The summed E-state index contributed by atoms with van der Waals surface area (Å²) >= 11 is 0. The van der Waals surface area contributed by atoms with E-state index in [2.05, 4.69) is 26.1 Å². The van der Waals surface area contributed by atoms with Crippen molar-refractivity contribution in [2.75, 3.05) is 6.54 Å². The fraction of sp³-hybridized carbons (Fsp3) is 0.600. The van der Waals surface area contributed by atoms with Gasteiger partial charge in [-0.1, -0.05) is 20.8 Å². The van der Waals surface area contributed by atoms with Gasteiger partial charge in [0.15, 0.2) is 0 Å². The lowest BCUT2D eigenvalue weighted by molar-refractivity contribution is 0.409. The average Bonchev–Trinajstić information content (AvgIpc) is 2.20. The molecule has 96 valence electrons. The van der Waals surface area contributed by atoms with Gasteiger partial charge >= 0.3 is 0 Å². The van der Waals surface area contributed by atoms with E-state index in [0.29, 0.717) is 12.0 Å². The predicted octanol–water partition coefficient (Wildman–Crippen LogP) is 4.14. The van der Waals surface area contributed by atoms with Crippen LogP contribution in [0.5, 0.6) is 0 Å². The molecule has 0 aromatic heterocycles. The van der Waals surface area contributed by atoms with Gasteiger partial charge < -0.3 is 5.32 Å². The van der Waals surface area contributed by atoms with Gasteiger partial charge in [-0.25, -0.2) is 4.39 Å². The molecule has 1 aromatic carbocycles. The number of aryl methyl sites for hydroxylation is 2. The van der Waals surface area contributed by atoms with E-state index in [1.54, 1.807) is 12.1 Å². The molecule has 0 amide bonds. The van der Waals surface area contributed by atoms with Crippen molar-refractivity contribution in [1.29, 1.82) is 0 Å². The summed E-state index contributed by atoms with van der Waals surface area (Å²) in [4.78, 5) is 0. The van der Waals surface area contributed by atoms with E-state index in [0.717, 1.165) is 24.1 Å². The number of benzene rings is 1. The molecular formula is C15H24FN. The monoisotopic (exact) mass is 237 g/mol. The van der Waals surface area contributed by atoms with Crippen molar-refractivity contribution in [3.8, 4) is 0 Å². The van der Waals surface area contributed by atoms with E-state index >= 15 is 0 Å². The van der Waals surface area contributed by atoms with E-state index in [9.17, 15) is 4.39 Å². The Bertz CT molecular complexity index is 348. The number of halogens is 1. The Hall–Kier alpha value is -0.890. The van der Waals surface area contributed by atoms with Crippen LogP contribution in [-0.2, 0) is 0 Å². The maximum atomic E-state index is 13.3. The van der Waals surface area contributed by atoms with Crippen LogP contribution in [-0.4, -0.2) is 6.54 Å². The first-order valence-electron chi connectivity index (χ1n) is 6.47. The Morgan fingerprint density at radius 1 is 1.18 bits per heavy atom. The van der Waals surface area contributed by atoms with Crippen molar-refractivity contribution < 1.29 is 4.39 Å². The van der Waals surface area contributed by atoms with Gasteiger partial charge in [0, 0.05) is 6.04 Å². The topological polar surface area (TPSA) is 12.0 Å². The molecule has 0 fully saturated rings. The maximum Gasteiger partial charge on any atom is 0.123 e. The normalized spacial score (nSPS) is 13.1. The van der Waals surface area contributed by atoms with Gasteiger partial charge in [-0.2, -0.15) is 0 Å². The Balaban J connectivity index is 3.09. The first kappa shape index (κ1) is 14.2. The highest BCUT2D eigenvalue weighted by Gasteiger charge is 2.19. The van der Waals surface area contributed by atoms with Crippen LogP contribution in [0.2, 0.25) is 0 Å². The lowest BCUT2D eigenvalue weighted by Crippen LogP contribution is -2.28. The molecule has 0 saturated heterocycles. The minimum Gasteiger partial charge on any atom is -0.310 e. The molecule has 1 rings (SSSR count). The molecule has 0 aliphatic rings. The summed E-state index contributed by atoms with van der Waals surface area (Å²) in [5.74, 6) is 0.367. The zero-order chi connectivity index (χ0) is 13.0. The highest BCUT2D eigenvalue weighted by molar-refractivity contribution is 5.37. The second-order valence-corrected chi connectivity index (χ2v) is 5.13. The van der Waals surface area contributed by atoms with Crippen LogP contribution < -0.4 is 5.32 Å². The summed E-state index contributed by atoms with van der Waals surface area (Å²) in [6, 6.07) is 3.58. The molecule has 1 atom stereocenters. The van der Waals surface area contributed by atoms with Crippen LogP contribution >= 0.6 is 0 Å². The standard InChI is InChI=1S/C15H24FN/c1-6-7-17-15(10(2)3)14-11(4)8-13(16)9-12(14)5/h8-10,15,17H,6-7H2,1-5H3. The maximum absolute atomic E-state index is 13.3. The second-order valence-electron chi connectivity index (χ2n) is 5.13. The molecule has 1 aromatic rings. The molecule has 0 radical (unpaired) electrons. The van der Waals surface area contributed by atoms with Gasteiger partial charge in [-0.3, -0.25) is 0 Å². The highest BCUT2D eigenvalue weighted by Crippen LogP contribution is 2.28. The Morgan fingerprint density at radius 3 is 2.12 bits per heavy atom. The molecule has 0 spiro atoms. The molecule has 1 nitrogen and oxygen atoms in total. The Labute approximate surface area is 104 Å². The smallest absolute Gasteiger partial charge is 0.123 e. The highest BCUT2D eigenvalue weighted by atomic mass is 19.1. The number of rotatable bonds is 5. The largest absolute Gasteiger partial charge is 0.310 e. The zero-order valence-corrected chi connectivity index (χ0v) is 11.6. The molecule has 1 unspecified atom stereocenters. The van der Waals surface area contributed by atoms with Crippen LogP contribution in [0.25, 0.3) is 0 Å². The van der Waals surface area contributed by atoms with Gasteiger partial charge in [0.2, 0.25) is 0 Å². The summed E-state index contributed by atoms with van der Waals surface area (Å²) in [6.45, 7) is 11.6. The molecule has 0 aliphatic carbocycles. The molecule has 0 saturated carbocycles. The minimum atomic E-state index is -0.137. The zero-order valence-electron chi connectivity index (χ0n) is 11.6. The summed E-state index contributed by atoms with van der Waals surface area (Å²) < 4.78 is 13.3. The SMILES string of the molecule is CCCNC(c1c(C)cc(F)cc1C)C(C)C. The third-order valence-electron chi connectivity index (χ3n) is 3.15. The van der Waals surface area contributed by atoms with Crippen LogP contribution in [0.15, 0.2) is 12.1 Å². The fourth-order valence-electron chi connectivity index (χ4n) is 2.38. The van der Waals surface area contributed by atoms with Crippen molar-refractivity contribution in [1.82, 2.24) is 5.32 Å². The fourth-order valence-corrected chi connectivity index (χ4v) is 2.38. The molecule has 0 bridgehead atoms. The summed E-state index contributed by atoms with van der Waals surface area (Å²) in [7, 11) is 0. The van der Waals surface area contributed by atoms with Crippen molar-refractivity contribution in [2.45, 2.75) is 47.1 Å². The van der Waals surface area contributed by atoms with Crippen LogP contribution in [0.4, 0.5) is 4.39 Å². The second kappa shape index (κ2) is 6.15. The number of hydrogen-bond donors (Lipinski definition) is 1. The van der Waals surface area contributed by atoms with Crippen molar-refractivity contribution in [2.24, 2.45) is 5.92 Å². The quantitative estimate of drug-likeness (QED) is 0.811. The Morgan fingerprint density at radius 2 is 1.71 bits per heavy atom. The third-order valence-corrected chi connectivity index (χ3v) is 3.15. The van der Waals surface area contributed by atoms with E-state index in [4.69, 9.17) is 0 Å². The number of nitrogens with one attached hydrogen (secondary N) is 1. The van der Waals surface area contributed by atoms with Crippen LogP contribution in [0, 0.1) is 25.6 Å². The van der Waals surface area contributed by atoms with Gasteiger partial charge in [0.05, 0.1) is 0 Å². The predicted molar refractivity (Wildman–Crippen MR) is 71.7 cm³/mol. The lowest BCUT2D eigenvalue weighted by atomic mass is 9.89. The molecule has 1 N–H and O–H groups in total. The number of hydrogen-bond acceptors (Lipinski definition) is 1. The van der Waals surface area contributed by atoms with E-state index in [1.165, 1.54) is 5.56 Å². The van der Waals surface area contributed by atoms with Crippen LogP contribution in [0.1, 0.15) is 49.9 Å². The van der Waals surface area contributed by atoms with Crippen molar-refractivity contribution >= 4 is 0 Å². The Kier molecular flexibility index (Phi) is 5.13. The first-order chi connectivity index (χ1) is 7.97. The van der Waals surface area contributed by atoms with Crippen LogP contribution in [0.3, 0.4) is 0 Å². The summed E-state index contributed by atoms with van der Waals surface area (Å²) in [6.07, 6.45) is 1.11. The van der Waals surface area contributed by atoms with Crippen molar-refractivity contribution in [3.05, 3.63) is 34.6 Å². The molecule has 2 heteroatoms. The third kappa shape index (κ3) is 3.53. The van der Waals surface area contributed by atoms with E-state index in [1.807, 2.05) is 13.8 Å². The van der Waals surface area contributed by atoms with Gasteiger partial charge in [-0.15, -0.1) is 0 Å². The molecule has 17 heavy (non-hydrogen) atoms. The molecular weight excluding hydrogens is 213 g/mol. The summed E-state index contributed by atoms with van der Waals surface area (Å²) in [5.41, 5.74) is 3.35. The van der Waals surface area contributed by atoms with Gasteiger partial charge in [-0.05, 0) is 61.6 Å². The van der Waals surface area contributed by atoms with Gasteiger partial charge in [0.1, 0.15) is 5.82 Å². The lowest BCUT2D eigenvalue weighted by Gasteiger charge is -2.26. The first-order valence-corrected chi connectivity index (χ1v) is 6.47. The minimum absolute atomic E-state index is 0.137. The van der Waals surface area contributed by atoms with E-state index in [-0.39, 0.29) is 5.82 Å². The van der Waals surface area contributed by atoms with E-state index < -0.39 is 0 Å². The van der Waals surface area contributed by atoms with Gasteiger partial charge in [0.25, 0.3) is 0 Å².